The lowest BCUT2D eigenvalue weighted by molar-refractivity contribution is 0.111. The van der Waals surface area contributed by atoms with Gasteiger partial charge in [-0.15, -0.1) is 0 Å². The fraction of sp³-hybridized carbons (Fsp3) is 0.273. The van der Waals surface area contributed by atoms with E-state index in [2.05, 4.69) is 5.10 Å². The molecule has 2 rings (SSSR count). The molecule has 0 aliphatic rings. The molecule has 2 heterocycles. The van der Waals surface area contributed by atoms with Crippen LogP contribution in [0.15, 0.2) is 18.3 Å². The van der Waals surface area contributed by atoms with E-state index in [1.807, 2.05) is 48.6 Å². The molecular formula is C11H13N3O. The quantitative estimate of drug-likeness (QED) is 0.695. The predicted molar refractivity (Wildman–Crippen MR) is 57.7 cm³/mol. The SMILES string of the molecule is Cc1c(-c2ccc(C=O)n2C)cnn1C. The smallest absolute Gasteiger partial charge is 0.166 e. The highest BCUT2D eigenvalue weighted by molar-refractivity contribution is 5.76. The van der Waals surface area contributed by atoms with Gasteiger partial charge in [0.1, 0.15) is 0 Å². The summed E-state index contributed by atoms with van der Waals surface area (Å²) in [5.41, 5.74) is 3.85. The van der Waals surface area contributed by atoms with Crippen molar-refractivity contribution < 1.29 is 4.79 Å². The van der Waals surface area contributed by atoms with E-state index in [-0.39, 0.29) is 0 Å². The fourth-order valence-electron chi connectivity index (χ4n) is 1.67. The summed E-state index contributed by atoms with van der Waals surface area (Å²) in [6.45, 7) is 2.01. The van der Waals surface area contributed by atoms with Gasteiger partial charge in [-0.2, -0.15) is 5.10 Å². The monoisotopic (exact) mass is 203 g/mol. The lowest BCUT2D eigenvalue weighted by atomic mass is 10.2. The molecule has 4 nitrogen and oxygen atoms in total. The van der Waals surface area contributed by atoms with E-state index in [1.165, 1.54) is 0 Å². The van der Waals surface area contributed by atoms with Gasteiger partial charge in [-0.3, -0.25) is 9.48 Å². The van der Waals surface area contributed by atoms with E-state index in [0.717, 1.165) is 23.2 Å². The number of rotatable bonds is 2. The maximum atomic E-state index is 10.7. The summed E-state index contributed by atoms with van der Waals surface area (Å²) in [5.74, 6) is 0. The van der Waals surface area contributed by atoms with Crippen LogP contribution in [-0.4, -0.2) is 20.6 Å². The average Bonchev–Trinajstić information content (AvgIpc) is 2.73. The third-order valence-electron chi connectivity index (χ3n) is 2.79. The number of carbonyl (C=O) groups excluding carboxylic acids is 1. The molecule has 0 unspecified atom stereocenters. The second-order valence-corrected chi connectivity index (χ2v) is 3.59. The van der Waals surface area contributed by atoms with Crippen molar-refractivity contribution in [3.8, 4) is 11.3 Å². The molecule has 0 amide bonds. The Labute approximate surface area is 88.1 Å². The van der Waals surface area contributed by atoms with Crippen molar-refractivity contribution in [3.05, 3.63) is 29.7 Å². The third-order valence-corrected chi connectivity index (χ3v) is 2.79. The Morgan fingerprint density at radius 1 is 1.33 bits per heavy atom. The van der Waals surface area contributed by atoms with Crippen LogP contribution in [-0.2, 0) is 14.1 Å². The molecule has 0 aliphatic carbocycles. The standard InChI is InChI=1S/C11H13N3O/c1-8-10(6-12-14(8)3)11-5-4-9(7-15)13(11)2/h4-7H,1-3H3. The van der Waals surface area contributed by atoms with Crippen LogP contribution in [0, 0.1) is 6.92 Å². The van der Waals surface area contributed by atoms with Crippen molar-refractivity contribution in [1.29, 1.82) is 0 Å². The van der Waals surface area contributed by atoms with Gasteiger partial charge in [0.25, 0.3) is 0 Å². The Kier molecular flexibility index (Phi) is 2.19. The zero-order valence-electron chi connectivity index (χ0n) is 9.06. The van der Waals surface area contributed by atoms with Crippen molar-refractivity contribution in [2.75, 3.05) is 0 Å². The molecular weight excluding hydrogens is 190 g/mol. The molecule has 0 N–H and O–H groups in total. The molecule has 15 heavy (non-hydrogen) atoms. The summed E-state index contributed by atoms with van der Waals surface area (Å²) < 4.78 is 3.69. The van der Waals surface area contributed by atoms with Crippen molar-refractivity contribution in [2.45, 2.75) is 6.92 Å². The van der Waals surface area contributed by atoms with E-state index in [4.69, 9.17) is 0 Å². The zero-order chi connectivity index (χ0) is 11.0. The summed E-state index contributed by atoms with van der Waals surface area (Å²) in [5, 5.41) is 4.18. The van der Waals surface area contributed by atoms with Crippen molar-refractivity contribution >= 4 is 6.29 Å². The summed E-state index contributed by atoms with van der Waals surface area (Å²) >= 11 is 0. The number of aryl methyl sites for hydroxylation is 1. The van der Waals surface area contributed by atoms with Crippen LogP contribution < -0.4 is 0 Å². The molecule has 2 aromatic heterocycles. The van der Waals surface area contributed by atoms with Crippen LogP contribution in [0.4, 0.5) is 0 Å². The molecule has 0 saturated carbocycles. The minimum absolute atomic E-state index is 0.674. The van der Waals surface area contributed by atoms with Gasteiger partial charge in [0.2, 0.25) is 0 Å². The first kappa shape index (κ1) is 9.71. The zero-order valence-corrected chi connectivity index (χ0v) is 9.06. The molecule has 0 aromatic carbocycles. The van der Waals surface area contributed by atoms with Crippen LogP contribution >= 0.6 is 0 Å². The highest BCUT2D eigenvalue weighted by atomic mass is 16.1. The molecule has 0 bridgehead atoms. The molecule has 2 aromatic rings. The summed E-state index contributed by atoms with van der Waals surface area (Å²) in [7, 11) is 3.79. The van der Waals surface area contributed by atoms with Crippen molar-refractivity contribution in [3.63, 3.8) is 0 Å². The highest BCUT2D eigenvalue weighted by Crippen LogP contribution is 2.23. The van der Waals surface area contributed by atoms with Crippen molar-refractivity contribution in [2.24, 2.45) is 14.1 Å². The first-order valence-corrected chi connectivity index (χ1v) is 4.75. The van der Waals surface area contributed by atoms with Crippen molar-refractivity contribution in [1.82, 2.24) is 14.3 Å². The minimum atomic E-state index is 0.674. The number of hydrogen-bond acceptors (Lipinski definition) is 2. The topological polar surface area (TPSA) is 39.8 Å². The fourth-order valence-corrected chi connectivity index (χ4v) is 1.67. The summed E-state index contributed by atoms with van der Waals surface area (Å²) in [6, 6.07) is 3.75. The molecule has 0 aliphatic heterocycles. The first-order chi connectivity index (χ1) is 7.15. The summed E-state index contributed by atoms with van der Waals surface area (Å²) in [4.78, 5) is 10.7. The number of hydrogen-bond donors (Lipinski definition) is 0. The maximum absolute atomic E-state index is 10.7. The van der Waals surface area contributed by atoms with E-state index in [9.17, 15) is 4.79 Å². The van der Waals surface area contributed by atoms with Crippen LogP contribution in [0.3, 0.4) is 0 Å². The van der Waals surface area contributed by atoms with Gasteiger partial charge in [-0.25, -0.2) is 0 Å². The van der Waals surface area contributed by atoms with Crippen LogP contribution in [0.2, 0.25) is 0 Å². The Bertz CT molecular complexity index is 508. The predicted octanol–water partition coefficient (Wildman–Crippen LogP) is 1.55. The lowest BCUT2D eigenvalue weighted by Crippen LogP contribution is -1.98. The Hall–Kier alpha value is -1.84. The van der Waals surface area contributed by atoms with Gasteiger partial charge in [-0.05, 0) is 19.1 Å². The minimum Gasteiger partial charge on any atom is -0.341 e. The molecule has 0 fully saturated rings. The first-order valence-electron chi connectivity index (χ1n) is 4.75. The van der Waals surface area contributed by atoms with Gasteiger partial charge in [0.05, 0.1) is 17.6 Å². The van der Waals surface area contributed by atoms with E-state index < -0.39 is 0 Å². The highest BCUT2D eigenvalue weighted by Gasteiger charge is 2.11. The van der Waals surface area contributed by atoms with Crippen LogP contribution in [0.25, 0.3) is 11.3 Å². The molecule has 78 valence electrons. The number of carbonyl (C=O) groups is 1. The summed E-state index contributed by atoms with van der Waals surface area (Å²) in [6.07, 6.45) is 2.68. The maximum Gasteiger partial charge on any atom is 0.166 e. The molecule has 0 saturated heterocycles. The van der Waals surface area contributed by atoms with Gasteiger partial charge < -0.3 is 4.57 Å². The van der Waals surface area contributed by atoms with Crippen LogP contribution in [0.1, 0.15) is 16.2 Å². The largest absolute Gasteiger partial charge is 0.341 e. The van der Waals surface area contributed by atoms with Gasteiger partial charge in [0, 0.05) is 25.4 Å². The molecule has 0 spiro atoms. The van der Waals surface area contributed by atoms with E-state index >= 15 is 0 Å². The number of nitrogens with zero attached hydrogens (tertiary/aromatic N) is 3. The Morgan fingerprint density at radius 2 is 2.07 bits per heavy atom. The van der Waals surface area contributed by atoms with Gasteiger partial charge in [-0.1, -0.05) is 0 Å². The Balaban J connectivity index is 2.59. The third kappa shape index (κ3) is 1.38. The lowest BCUT2D eigenvalue weighted by Gasteiger charge is -2.03. The second-order valence-electron chi connectivity index (χ2n) is 3.59. The normalized spacial score (nSPS) is 10.6. The molecule has 0 radical (unpaired) electrons. The Morgan fingerprint density at radius 3 is 2.53 bits per heavy atom. The molecule has 0 atom stereocenters. The second kappa shape index (κ2) is 3.38. The van der Waals surface area contributed by atoms with Gasteiger partial charge >= 0.3 is 0 Å². The van der Waals surface area contributed by atoms with Gasteiger partial charge in [0.15, 0.2) is 6.29 Å². The number of aromatic nitrogens is 3. The average molecular weight is 203 g/mol. The van der Waals surface area contributed by atoms with Crippen LogP contribution in [0.5, 0.6) is 0 Å². The van der Waals surface area contributed by atoms with E-state index in [1.54, 1.807) is 0 Å². The van der Waals surface area contributed by atoms with E-state index in [0.29, 0.717) is 5.69 Å². The number of aldehydes is 1. The molecule has 4 heteroatoms.